The van der Waals surface area contributed by atoms with Crippen LogP contribution in [0.1, 0.15) is 0 Å². The van der Waals surface area contributed by atoms with Crippen molar-refractivity contribution < 1.29 is 4.42 Å². The number of fused-ring (bicyclic) bond motifs is 6. The third-order valence-corrected chi connectivity index (χ3v) is 9.70. The minimum absolute atomic E-state index is 0.583. The topological polar surface area (TPSA) is 51.8 Å². The molecule has 2 heterocycles. The lowest BCUT2D eigenvalue weighted by atomic mass is 9.96. The van der Waals surface area contributed by atoms with Crippen LogP contribution < -0.4 is 0 Å². The Morgan fingerprint density at radius 1 is 0.333 bits per heavy atom. The van der Waals surface area contributed by atoms with Gasteiger partial charge in [-0.25, -0.2) is 15.0 Å². The second-order valence-corrected chi connectivity index (χ2v) is 12.8. The molecule has 0 unspecified atom stereocenters. The lowest BCUT2D eigenvalue weighted by Crippen LogP contribution is -2.00. The van der Waals surface area contributed by atoms with Crippen molar-refractivity contribution in [3.63, 3.8) is 0 Å². The van der Waals surface area contributed by atoms with Gasteiger partial charge in [0.05, 0.1) is 0 Å². The van der Waals surface area contributed by atoms with Crippen molar-refractivity contribution >= 4 is 43.5 Å². The minimum Gasteiger partial charge on any atom is -0.455 e. The predicted molar refractivity (Wildman–Crippen MR) is 209 cm³/mol. The second kappa shape index (κ2) is 11.9. The molecule has 10 aromatic rings. The predicted octanol–water partition coefficient (Wildman–Crippen LogP) is 12.4. The number of aromatic nitrogens is 3. The fourth-order valence-corrected chi connectivity index (χ4v) is 7.14. The van der Waals surface area contributed by atoms with Gasteiger partial charge in [0.25, 0.3) is 0 Å². The van der Waals surface area contributed by atoms with E-state index < -0.39 is 0 Å². The first-order valence-corrected chi connectivity index (χ1v) is 17.1. The van der Waals surface area contributed by atoms with E-state index in [9.17, 15) is 0 Å². The Morgan fingerprint density at radius 2 is 0.882 bits per heavy atom. The van der Waals surface area contributed by atoms with Crippen molar-refractivity contribution in [3.8, 4) is 56.4 Å². The average molecular weight is 652 g/mol. The molecule has 4 heteroatoms. The van der Waals surface area contributed by atoms with E-state index in [0.717, 1.165) is 77.0 Å². The summed E-state index contributed by atoms with van der Waals surface area (Å²) in [7, 11) is 0. The molecule has 238 valence electrons. The summed E-state index contributed by atoms with van der Waals surface area (Å²) in [6.45, 7) is 0. The van der Waals surface area contributed by atoms with Gasteiger partial charge in [-0.1, -0.05) is 152 Å². The minimum atomic E-state index is 0.583. The highest BCUT2D eigenvalue weighted by molar-refractivity contribution is 6.19. The van der Waals surface area contributed by atoms with Crippen LogP contribution in [0.15, 0.2) is 180 Å². The summed E-state index contributed by atoms with van der Waals surface area (Å²) >= 11 is 0. The summed E-state index contributed by atoms with van der Waals surface area (Å²) in [4.78, 5) is 15.4. The van der Waals surface area contributed by atoms with Gasteiger partial charge in [-0.3, -0.25) is 0 Å². The summed E-state index contributed by atoms with van der Waals surface area (Å²) in [5.41, 5.74) is 8.84. The molecule has 8 aromatic carbocycles. The van der Waals surface area contributed by atoms with Crippen LogP contribution in [-0.2, 0) is 0 Å². The quantitative estimate of drug-likeness (QED) is 0.186. The highest BCUT2D eigenvalue weighted by Gasteiger charge is 2.20. The molecule has 0 aliphatic rings. The number of benzene rings is 8. The standard InChI is InChI=1S/C47H29N3O/c1-3-11-30(12-4-1)32-19-22-35(23-20-32)45-48-46(37-24-21-31-13-7-8-17-36(31)27-37)50-47(49-45)38-28-41(33-14-5-2-6-15-33)43-40-26-25-34-16-9-10-18-39(34)44(40)51-42(43)29-38/h1-29H. The molecule has 4 nitrogen and oxygen atoms in total. The second-order valence-electron chi connectivity index (χ2n) is 12.8. The average Bonchev–Trinajstić information content (AvgIpc) is 3.60. The molecule has 0 amide bonds. The zero-order chi connectivity index (χ0) is 33.7. The molecular weight excluding hydrogens is 623 g/mol. The van der Waals surface area contributed by atoms with Gasteiger partial charge in [0.2, 0.25) is 0 Å². The summed E-state index contributed by atoms with van der Waals surface area (Å²) in [5.74, 6) is 1.81. The molecule has 0 fully saturated rings. The molecule has 0 bridgehead atoms. The summed E-state index contributed by atoms with van der Waals surface area (Å²) < 4.78 is 6.75. The first-order valence-electron chi connectivity index (χ1n) is 17.1. The van der Waals surface area contributed by atoms with Gasteiger partial charge in [-0.05, 0) is 62.7 Å². The molecule has 0 aliphatic carbocycles. The molecule has 0 saturated heterocycles. The Morgan fingerprint density at radius 3 is 1.65 bits per heavy atom. The lowest BCUT2D eigenvalue weighted by Gasteiger charge is -2.11. The third kappa shape index (κ3) is 5.13. The Hall–Kier alpha value is -6.91. The van der Waals surface area contributed by atoms with Crippen LogP contribution in [0.3, 0.4) is 0 Å². The van der Waals surface area contributed by atoms with Crippen LogP contribution in [0.5, 0.6) is 0 Å². The third-order valence-electron chi connectivity index (χ3n) is 9.70. The first-order chi connectivity index (χ1) is 25.2. The number of rotatable bonds is 5. The molecule has 0 N–H and O–H groups in total. The van der Waals surface area contributed by atoms with Gasteiger partial charge in [0, 0.05) is 32.8 Å². The number of nitrogens with zero attached hydrogens (tertiary/aromatic N) is 3. The molecule has 0 spiro atoms. The van der Waals surface area contributed by atoms with Crippen molar-refractivity contribution in [1.29, 1.82) is 0 Å². The largest absolute Gasteiger partial charge is 0.455 e. The first kappa shape index (κ1) is 29.0. The number of furan rings is 1. The molecule has 0 aliphatic heterocycles. The Labute approximate surface area is 294 Å². The van der Waals surface area contributed by atoms with Gasteiger partial charge in [-0.2, -0.15) is 0 Å². The van der Waals surface area contributed by atoms with E-state index in [1.165, 1.54) is 5.39 Å². The number of hydrogen-bond acceptors (Lipinski definition) is 4. The van der Waals surface area contributed by atoms with E-state index in [1.54, 1.807) is 0 Å². The smallest absolute Gasteiger partial charge is 0.164 e. The molecule has 10 rings (SSSR count). The summed E-state index contributed by atoms with van der Waals surface area (Å²) in [6, 6.07) is 61.0. The number of hydrogen-bond donors (Lipinski definition) is 0. The van der Waals surface area contributed by atoms with E-state index in [-0.39, 0.29) is 0 Å². The van der Waals surface area contributed by atoms with Crippen LogP contribution in [0.4, 0.5) is 0 Å². The fourth-order valence-electron chi connectivity index (χ4n) is 7.14. The van der Waals surface area contributed by atoms with E-state index in [4.69, 9.17) is 19.4 Å². The van der Waals surface area contributed by atoms with Gasteiger partial charge in [0.15, 0.2) is 17.5 Å². The SMILES string of the molecule is c1ccc(-c2ccc(-c3nc(-c4ccc5ccccc5c4)nc(-c4cc(-c5ccccc5)c5c(c4)oc4c6ccccc6ccc45)n3)cc2)cc1. The summed E-state index contributed by atoms with van der Waals surface area (Å²) in [5, 5.41) is 6.69. The van der Waals surface area contributed by atoms with Crippen LogP contribution in [0.25, 0.3) is 99.9 Å². The molecule has 0 saturated carbocycles. The van der Waals surface area contributed by atoms with Gasteiger partial charge >= 0.3 is 0 Å². The maximum Gasteiger partial charge on any atom is 0.164 e. The van der Waals surface area contributed by atoms with Crippen LogP contribution in [-0.4, -0.2) is 15.0 Å². The molecule has 0 atom stereocenters. The van der Waals surface area contributed by atoms with E-state index in [2.05, 4.69) is 164 Å². The molecule has 2 aromatic heterocycles. The van der Waals surface area contributed by atoms with Crippen LogP contribution in [0.2, 0.25) is 0 Å². The highest BCUT2D eigenvalue weighted by Crippen LogP contribution is 2.42. The molecule has 51 heavy (non-hydrogen) atoms. The van der Waals surface area contributed by atoms with Gasteiger partial charge < -0.3 is 4.42 Å². The van der Waals surface area contributed by atoms with Crippen LogP contribution in [0, 0.1) is 0 Å². The maximum atomic E-state index is 6.75. The molecular formula is C47H29N3O. The zero-order valence-corrected chi connectivity index (χ0v) is 27.5. The lowest BCUT2D eigenvalue weighted by molar-refractivity contribution is 0.673. The highest BCUT2D eigenvalue weighted by atomic mass is 16.3. The van der Waals surface area contributed by atoms with Crippen LogP contribution >= 0.6 is 0 Å². The van der Waals surface area contributed by atoms with Crippen molar-refractivity contribution in [2.24, 2.45) is 0 Å². The monoisotopic (exact) mass is 651 g/mol. The van der Waals surface area contributed by atoms with E-state index in [1.807, 2.05) is 12.1 Å². The molecule has 0 radical (unpaired) electrons. The van der Waals surface area contributed by atoms with Crippen molar-refractivity contribution in [3.05, 3.63) is 176 Å². The van der Waals surface area contributed by atoms with Crippen molar-refractivity contribution in [2.75, 3.05) is 0 Å². The Balaban J connectivity index is 1.21. The van der Waals surface area contributed by atoms with Gasteiger partial charge in [-0.15, -0.1) is 0 Å². The van der Waals surface area contributed by atoms with E-state index in [0.29, 0.717) is 17.5 Å². The Bertz CT molecular complexity index is 2900. The Kier molecular flexibility index (Phi) is 6.78. The van der Waals surface area contributed by atoms with E-state index >= 15 is 0 Å². The van der Waals surface area contributed by atoms with Crippen molar-refractivity contribution in [2.45, 2.75) is 0 Å². The van der Waals surface area contributed by atoms with Crippen molar-refractivity contribution in [1.82, 2.24) is 15.0 Å². The summed E-state index contributed by atoms with van der Waals surface area (Å²) in [6.07, 6.45) is 0. The zero-order valence-electron chi connectivity index (χ0n) is 27.5. The van der Waals surface area contributed by atoms with Gasteiger partial charge in [0.1, 0.15) is 11.2 Å². The fraction of sp³-hybridized carbons (Fsp3) is 0. The normalized spacial score (nSPS) is 11.5. The maximum absolute atomic E-state index is 6.75.